The van der Waals surface area contributed by atoms with Gasteiger partial charge >= 0.3 is 0 Å². The van der Waals surface area contributed by atoms with Gasteiger partial charge in [0.2, 0.25) is 0 Å². The summed E-state index contributed by atoms with van der Waals surface area (Å²) in [6.07, 6.45) is 0. The number of rotatable bonds is 7. The molecule has 0 spiro atoms. The summed E-state index contributed by atoms with van der Waals surface area (Å²) in [7, 11) is 0. The zero-order chi connectivity index (χ0) is 23.4. The fraction of sp³-hybridized carbons (Fsp3) is 0.167. The molecule has 4 aromatic rings. The summed E-state index contributed by atoms with van der Waals surface area (Å²) in [6, 6.07) is 31.6. The van der Waals surface area contributed by atoms with Crippen molar-refractivity contribution in [3.8, 4) is 23.0 Å². The SMILES string of the molecule is CC(=O)c1ccc(Oc2ccc(C(C)(C)c3ccc(Oc4ccc(C)cc4)cc3)cc2)cc1. The summed E-state index contributed by atoms with van der Waals surface area (Å²) in [6.45, 7) is 8.03. The van der Waals surface area contributed by atoms with Gasteiger partial charge in [-0.25, -0.2) is 0 Å². The monoisotopic (exact) mass is 436 g/mol. The van der Waals surface area contributed by atoms with Crippen molar-refractivity contribution in [1.82, 2.24) is 0 Å². The predicted octanol–water partition coefficient (Wildman–Crippen LogP) is 8.11. The Labute approximate surface area is 195 Å². The highest BCUT2D eigenvalue weighted by Crippen LogP contribution is 2.34. The number of hydrogen-bond donors (Lipinski definition) is 0. The normalized spacial score (nSPS) is 11.2. The third-order valence-corrected chi connectivity index (χ3v) is 5.91. The highest BCUT2D eigenvalue weighted by molar-refractivity contribution is 5.94. The number of hydrogen-bond acceptors (Lipinski definition) is 3. The molecule has 0 aliphatic rings. The number of ether oxygens (including phenoxy) is 2. The van der Waals surface area contributed by atoms with Crippen molar-refractivity contribution in [2.24, 2.45) is 0 Å². The van der Waals surface area contributed by atoms with E-state index in [2.05, 4.69) is 45.0 Å². The second kappa shape index (κ2) is 9.33. The van der Waals surface area contributed by atoms with Crippen LogP contribution in [0.5, 0.6) is 23.0 Å². The van der Waals surface area contributed by atoms with E-state index in [9.17, 15) is 4.79 Å². The molecule has 0 radical (unpaired) electrons. The number of benzene rings is 4. The Hall–Kier alpha value is -3.85. The van der Waals surface area contributed by atoms with Crippen molar-refractivity contribution < 1.29 is 14.3 Å². The zero-order valence-electron chi connectivity index (χ0n) is 19.5. The molecule has 4 rings (SSSR count). The Kier molecular flexibility index (Phi) is 6.32. The molecule has 0 atom stereocenters. The minimum Gasteiger partial charge on any atom is -0.457 e. The summed E-state index contributed by atoms with van der Waals surface area (Å²) >= 11 is 0. The summed E-state index contributed by atoms with van der Waals surface area (Å²) < 4.78 is 11.9. The Morgan fingerprint density at radius 1 is 0.576 bits per heavy atom. The predicted molar refractivity (Wildman–Crippen MR) is 133 cm³/mol. The summed E-state index contributed by atoms with van der Waals surface area (Å²) in [4.78, 5) is 11.4. The average Bonchev–Trinajstić information content (AvgIpc) is 2.82. The van der Waals surface area contributed by atoms with E-state index in [1.807, 2.05) is 60.7 Å². The summed E-state index contributed by atoms with van der Waals surface area (Å²) in [5.41, 5.74) is 4.10. The van der Waals surface area contributed by atoms with Gasteiger partial charge in [-0.15, -0.1) is 0 Å². The van der Waals surface area contributed by atoms with Crippen molar-refractivity contribution >= 4 is 5.78 Å². The van der Waals surface area contributed by atoms with Gasteiger partial charge in [-0.05, 0) is 85.6 Å². The molecular formula is C30H28O3. The van der Waals surface area contributed by atoms with E-state index in [-0.39, 0.29) is 11.2 Å². The first-order chi connectivity index (χ1) is 15.8. The molecule has 0 aromatic heterocycles. The van der Waals surface area contributed by atoms with Gasteiger partial charge in [-0.3, -0.25) is 4.79 Å². The first-order valence-corrected chi connectivity index (χ1v) is 11.1. The van der Waals surface area contributed by atoms with Crippen molar-refractivity contribution in [2.45, 2.75) is 33.1 Å². The second-order valence-corrected chi connectivity index (χ2v) is 8.77. The molecule has 4 aromatic carbocycles. The molecule has 3 nitrogen and oxygen atoms in total. The zero-order valence-corrected chi connectivity index (χ0v) is 19.5. The van der Waals surface area contributed by atoms with Crippen molar-refractivity contribution in [2.75, 3.05) is 0 Å². The van der Waals surface area contributed by atoms with Gasteiger partial charge in [0, 0.05) is 11.0 Å². The fourth-order valence-electron chi connectivity index (χ4n) is 3.68. The van der Waals surface area contributed by atoms with Gasteiger partial charge in [-0.1, -0.05) is 55.8 Å². The first-order valence-electron chi connectivity index (χ1n) is 11.1. The Morgan fingerprint density at radius 2 is 0.909 bits per heavy atom. The van der Waals surface area contributed by atoms with Crippen molar-refractivity contribution in [3.63, 3.8) is 0 Å². The molecule has 0 fully saturated rings. The second-order valence-electron chi connectivity index (χ2n) is 8.77. The minimum absolute atomic E-state index is 0.0443. The van der Waals surface area contributed by atoms with Crippen LogP contribution in [0.25, 0.3) is 0 Å². The van der Waals surface area contributed by atoms with Crippen molar-refractivity contribution in [3.05, 3.63) is 119 Å². The van der Waals surface area contributed by atoms with E-state index in [4.69, 9.17) is 9.47 Å². The van der Waals surface area contributed by atoms with Crippen LogP contribution < -0.4 is 9.47 Å². The van der Waals surface area contributed by atoms with Gasteiger partial charge in [0.25, 0.3) is 0 Å². The van der Waals surface area contributed by atoms with E-state index in [1.165, 1.54) is 16.7 Å². The quantitative estimate of drug-likeness (QED) is 0.275. The van der Waals surface area contributed by atoms with Crippen LogP contribution in [0.1, 0.15) is 47.8 Å². The van der Waals surface area contributed by atoms with Crippen molar-refractivity contribution in [1.29, 1.82) is 0 Å². The molecule has 0 amide bonds. The third kappa shape index (κ3) is 5.32. The van der Waals surface area contributed by atoms with E-state index in [0.717, 1.165) is 17.2 Å². The first kappa shape index (κ1) is 22.3. The molecule has 0 saturated carbocycles. The van der Waals surface area contributed by atoms with Crippen LogP contribution in [0.4, 0.5) is 0 Å². The van der Waals surface area contributed by atoms with Gasteiger partial charge in [-0.2, -0.15) is 0 Å². The lowest BCUT2D eigenvalue weighted by Crippen LogP contribution is -2.18. The van der Waals surface area contributed by atoms with Gasteiger partial charge in [0.05, 0.1) is 0 Å². The number of aryl methyl sites for hydroxylation is 1. The average molecular weight is 437 g/mol. The molecule has 0 unspecified atom stereocenters. The molecule has 0 N–H and O–H groups in total. The van der Waals surface area contributed by atoms with Crippen LogP contribution in [-0.2, 0) is 5.41 Å². The van der Waals surface area contributed by atoms with E-state index in [1.54, 1.807) is 19.1 Å². The topological polar surface area (TPSA) is 35.5 Å². The molecule has 0 heterocycles. The molecule has 0 bridgehead atoms. The molecule has 0 aliphatic heterocycles. The Balaban J connectivity index is 1.45. The smallest absolute Gasteiger partial charge is 0.159 e. The highest BCUT2D eigenvalue weighted by atomic mass is 16.5. The number of Topliss-reactive ketones (excluding diaryl/α,β-unsaturated/α-hetero) is 1. The lowest BCUT2D eigenvalue weighted by atomic mass is 9.78. The number of ketones is 1. The third-order valence-electron chi connectivity index (χ3n) is 5.91. The Morgan fingerprint density at radius 3 is 1.27 bits per heavy atom. The Bertz CT molecular complexity index is 1220. The van der Waals surface area contributed by atoms with Crippen LogP contribution in [0.15, 0.2) is 97.1 Å². The fourth-order valence-corrected chi connectivity index (χ4v) is 3.68. The number of carbonyl (C=O) groups is 1. The highest BCUT2D eigenvalue weighted by Gasteiger charge is 2.23. The number of carbonyl (C=O) groups excluding carboxylic acids is 1. The summed E-state index contributed by atoms with van der Waals surface area (Å²) in [5, 5.41) is 0. The molecule has 3 heteroatoms. The van der Waals surface area contributed by atoms with Crippen LogP contribution in [0.2, 0.25) is 0 Å². The molecular weight excluding hydrogens is 408 g/mol. The molecule has 0 saturated heterocycles. The molecule has 33 heavy (non-hydrogen) atoms. The van der Waals surface area contributed by atoms with Crippen LogP contribution in [0, 0.1) is 6.92 Å². The lowest BCUT2D eigenvalue weighted by Gasteiger charge is -2.26. The van der Waals surface area contributed by atoms with Crippen LogP contribution >= 0.6 is 0 Å². The van der Waals surface area contributed by atoms with E-state index < -0.39 is 0 Å². The maximum atomic E-state index is 11.4. The van der Waals surface area contributed by atoms with E-state index in [0.29, 0.717) is 11.3 Å². The van der Waals surface area contributed by atoms with Gasteiger partial charge < -0.3 is 9.47 Å². The van der Waals surface area contributed by atoms with Gasteiger partial charge in [0.1, 0.15) is 23.0 Å². The maximum absolute atomic E-state index is 11.4. The standard InChI is InChI=1S/C30H28O3/c1-21-5-13-26(14-6-21)32-28-17-9-24(10-18-28)30(3,4)25-11-19-29(20-12-25)33-27-15-7-23(8-16-27)22(2)31/h5-20H,1-4H3. The largest absolute Gasteiger partial charge is 0.457 e. The van der Waals surface area contributed by atoms with Gasteiger partial charge in [0.15, 0.2) is 5.78 Å². The van der Waals surface area contributed by atoms with Crippen LogP contribution in [-0.4, -0.2) is 5.78 Å². The molecule has 166 valence electrons. The minimum atomic E-state index is -0.177. The summed E-state index contributed by atoms with van der Waals surface area (Å²) in [5.74, 6) is 3.16. The van der Waals surface area contributed by atoms with E-state index >= 15 is 0 Å². The lowest BCUT2D eigenvalue weighted by molar-refractivity contribution is 0.101. The molecule has 0 aliphatic carbocycles. The van der Waals surface area contributed by atoms with Crippen LogP contribution in [0.3, 0.4) is 0 Å². The maximum Gasteiger partial charge on any atom is 0.159 e.